The second-order valence-corrected chi connectivity index (χ2v) is 15.1. The number of alkyl halides is 6. The van der Waals surface area contributed by atoms with Gasteiger partial charge >= 0.3 is 137 Å². The van der Waals surface area contributed by atoms with E-state index < -0.39 is 23.5 Å². The van der Waals surface area contributed by atoms with Crippen LogP contribution in [0.3, 0.4) is 0 Å². The van der Waals surface area contributed by atoms with Gasteiger partial charge in [-0.2, -0.15) is 35.4 Å². The van der Waals surface area contributed by atoms with E-state index in [9.17, 15) is 26.3 Å². The molecule has 4 aromatic carbocycles. The van der Waals surface area contributed by atoms with Gasteiger partial charge in [0.15, 0.2) is 0 Å². The molecule has 0 aromatic heterocycles. The fourth-order valence-electron chi connectivity index (χ4n) is 5.14. The minimum absolute atomic E-state index is 0.177. The Bertz CT molecular complexity index is 1660. The van der Waals surface area contributed by atoms with Crippen molar-refractivity contribution in [3.05, 3.63) is 154 Å². The first kappa shape index (κ1) is 37.5. The molecule has 0 unspecified atom stereocenters. The predicted octanol–water partition coefficient (Wildman–Crippen LogP) is 11.8. The van der Waals surface area contributed by atoms with Gasteiger partial charge in [0.2, 0.25) is 0 Å². The van der Waals surface area contributed by atoms with Crippen LogP contribution in [0.15, 0.2) is 97.1 Å². The zero-order chi connectivity index (χ0) is 35.5. The summed E-state index contributed by atoms with van der Waals surface area (Å²) in [7, 11) is 0. The first-order chi connectivity index (χ1) is 22.2. The topological polar surface area (TPSA) is 0 Å². The van der Waals surface area contributed by atoms with E-state index in [-0.39, 0.29) is 10.8 Å². The van der Waals surface area contributed by atoms with Crippen molar-refractivity contribution in [2.45, 2.75) is 77.6 Å². The van der Waals surface area contributed by atoms with Crippen LogP contribution < -0.4 is 0 Å². The van der Waals surface area contributed by atoms with E-state index in [1.165, 1.54) is 57.6 Å². The number of hydrogen-bond donors (Lipinski definition) is 0. The molecule has 0 nitrogen and oxygen atoms in total. The first-order valence-corrected chi connectivity index (χ1v) is 16.8. The summed E-state index contributed by atoms with van der Waals surface area (Å²) in [6.07, 6.45) is 2.21. The Balaban J connectivity index is 0.000000189. The van der Waals surface area contributed by atoms with E-state index in [2.05, 4.69) is 90.1 Å². The maximum absolute atomic E-state index is 12.5. The second kappa shape index (κ2) is 14.7. The van der Waals surface area contributed by atoms with Crippen LogP contribution in [0.25, 0.3) is 11.1 Å². The maximum atomic E-state index is 12.5. The molecule has 2 aliphatic carbocycles. The van der Waals surface area contributed by atoms with Gasteiger partial charge in [0.1, 0.15) is 0 Å². The summed E-state index contributed by atoms with van der Waals surface area (Å²) in [6, 6.07) is 24.2. The molecule has 0 saturated heterocycles. The third-order valence-electron chi connectivity index (χ3n) is 8.11. The number of rotatable bonds is 2. The van der Waals surface area contributed by atoms with Crippen molar-refractivity contribution in [1.82, 2.24) is 0 Å². The minimum atomic E-state index is -4.41. The van der Waals surface area contributed by atoms with Crippen molar-refractivity contribution in [2.75, 3.05) is 0 Å². The van der Waals surface area contributed by atoms with Crippen molar-refractivity contribution in [1.29, 1.82) is 0 Å². The van der Waals surface area contributed by atoms with Crippen LogP contribution in [0.2, 0.25) is 0 Å². The van der Waals surface area contributed by atoms with Crippen molar-refractivity contribution in [3.8, 4) is 11.1 Å². The number of halogens is 6. The van der Waals surface area contributed by atoms with Gasteiger partial charge < -0.3 is 0 Å². The summed E-state index contributed by atoms with van der Waals surface area (Å²) in [6.45, 7) is 13.6. The van der Waals surface area contributed by atoms with Gasteiger partial charge in [0, 0.05) is 0 Å². The number of hydrogen-bond acceptors (Lipinski definition) is 0. The predicted molar refractivity (Wildman–Crippen MR) is 179 cm³/mol. The van der Waals surface area contributed by atoms with E-state index in [0.29, 0.717) is 14.3 Å². The van der Waals surface area contributed by atoms with Crippen LogP contribution in [-0.4, -0.2) is 3.21 Å². The number of fused-ring (bicyclic) bond motifs is 3. The van der Waals surface area contributed by atoms with Crippen LogP contribution in [0.5, 0.6) is 0 Å². The quantitative estimate of drug-likeness (QED) is 0.125. The average Bonchev–Trinajstić information content (AvgIpc) is 3.71. The van der Waals surface area contributed by atoms with Gasteiger partial charge in [0.05, 0.1) is 0 Å². The van der Waals surface area contributed by atoms with Gasteiger partial charge in [-0.3, -0.25) is 6.08 Å². The van der Waals surface area contributed by atoms with E-state index >= 15 is 0 Å². The standard InChI is InChI=1S/C21H25.C15H8F6.C5H5.Zr/c1-20(2,3)16-9-7-14-11-15-8-10-17(21(4,5)6)13-19(15)18(14)12-16;16-14(17,18)12-5-1-10(2-6-12)9-11-3-7-13(8-4-11)15(19,20)21;1-2-4-5-3-1;/h7,9-10,12-13H,11H2,1-6H3;1-8H;1-3H,4H2;/q-1;;-1;+2. The van der Waals surface area contributed by atoms with Crippen LogP contribution >= 0.6 is 0 Å². The van der Waals surface area contributed by atoms with Crippen LogP contribution in [0, 0.1) is 12.1 Å². The first-order valence-electron chi connectivity index (χ1n) is 15.6. The molecular weight excluding hydrogens is 698 g/mol. The Kier molecular flexibility index (Phi) is 11.5. The Labute approximate surface area is 294 Å². The Morgan fingerprint density at radius 1 is 0.625 bits per heavy atom. The minimum Gasteiger partial charge on any atom is -0.273 e. The number of benzene rings is 4. The van der Waals surface area contributed by atoms with E-state index in [1.54, 1.807) is 0 Å². The molecule has 248 valence electrons. The van der Waals surface area contributed by atoms with Gasteiger partial charge in [-0.1, -0.05) is 76.3 Å². The summed E-state index contributed by atoms with van der Waals surface area (Å²) in [5.41, 5.74) is 8.37. The molecule has 0 spiro atoms. The molecule has 0 heterocycles. The molecule has 2 aliphatic rings. The summed E-state index contributed by atoms with van der Waals surface area (Å²) < 4.78 is 75.6. The molecule has 0 radical (unpaired) electrons. The van der Waals surface area contributed by atoms with E-state index in [4.69, 9.17) is 0 Å². The van der Waals surface area contributed by atoms with Gasteiger partial charge in [-0.05, 0) is 17.4 Å². The molecule has 0 saturated carbocycles. The fourth-order valence-corrected chi connectivity index (χ4v) is 5.96. The van der Waals surface area contributed by atoms with Gasteiger partial charge in [0.25, 0.3) is 0 Å². The molecule has 0 atom stereocenters. The molecule has 0 fully saturated rings. The SMILES string of the molecule is CC(C)(C)c1c[c-]c2c(c1)-c1cc(C(C)(C)C)ccc1C2.FC(F)(F)c1ccc([C](=[Zr+2])c2ccc(C(F)(F)F)cc2)cc1.[C-]1=CC=CC1. The van der Waals surface area contributed by atoms with Crippen molar-refractivity contribution in [3.63, 3.8) is 0 Å². The third kappa shape index (κ3) is 9.65. The molecule has 0 amide bonds. The zero-order valence-corrected chi connectivity index (χ0v) is 30.4. The Hall–Kier alpha value is -3.31. The molecule has 7 heteroatoms. The second-order valence-electron chi connectivity index (χ2n) is 13.9. The molecule has 48 heavy (non-hydrogen) atoms. The van der Waals surface area contributed by atoms with Crippen LogP contribution in [0.4, 0.5) is 26.3 Å². The number of allylic oxidation sites excluding steroid dienone is 4. The molecule has 0 N–H and O–H groups in total. The Morgan fingerprint density at radius 2 is 1.10 bits per heavy atom. The normalized spacial score (nSPS) is 13.6. The van der Waals surface area contributed by atoms with E-state index in [1.807, 2.05) is 12.2 Å². The maximum Gasteiger partial charge on any atom is -0.109 e. The molecule has 4 aromatic rings. The summed E-state index contributed by atoms with van der Waals surface area (Å²) in [5, 5.41) is 0. The van der Waals surface area contributed by atoms with Crippen molar-refractivity contribution >= 4 is 3.21 Å². The molecule has 0 aliphatic heterocycles. The van der Waals surface area contributed by atoms with Gasteiger partial charge in [-0.15, -0.1) is 12.0 Å². The summed E-state index contributed by atoms with van der Waals surface area (Å²) >= 11 is 0.898. The average molecular weight is 736 g/mol. The van der Waals surface area contributed by atoms with Crippen LogP contribution in [0.1, 0.15) is 92.5 Å². The fraction of sp³-hybridized carbons (Fsp3) is 0.293. The monoisotopic (exact) mass is 734 g/mol. The summed E-state index contributed by atoms with van der Waals surface area (Å²) in [4.78, 5) is 0. The smallest absolute Gasteiger partial charge is 0.109 e. The molecule has 0 bridgehead atoms. The zero-order valence-electron chi connectivity index (χ0n) is 27.9. The molecule has 6 rings (SSSR count). The van der Waals surface area contributed by atoms with Crippen molar-refractivity contribution in [2.24, 2.45) is 0 Å². The van der Waals surface area contributed by atoms with Gasteiger partial charge in [-0.25, -0.2) is 12.2 Å². The van der Waals surface area contributed by atoms with E-state index in [0.717, 1.165) is 61.3 Å². The summed E-state index contributed by atoms with van der Waals surface area (Å²) in [5.74, 6) is 0. The van der Waals surface area contributed by atoms with Crippen LogP contribution in [-0.2, 0) is 53.8 Å². The Morgan fingerprint density at radius 3 is 1.50 bits per heavy atom. The largest absolute Gasteiger partial charge is 0.273 e. The van der Waals surface area contributed by atoms with Crippen molar-refractivity contribution < 1.29 is 50.6 Å². The molecular formula is C41H38F6Zr. The third-order valence-corrected chi connectivity index (χ3v) is 9.53.